The SMILES string of the molecule is CNC(c1ccc(C)cc1)c1c(F)cccc1Cl. The van der Waals surface area contributed by atoms with Gasteiger partial charge in [-0.15, -0.1) is 0 Å². The third-order valence-corrected chi connectivity index (χ3v) is 3.32. The predicted molar refractivity (Wildman–Crippen MR) is 73.5 cm³/mol. The van der Waals surface area contributed by atoms with Crippen molar-refractivity contribution in [3.05, 3.63) is 70.0 Å². The van der Waals surface area contributed by atoms with Crippen molar-refractivity contribution in [3.63, 3.8) is 0 Å². The van der Waals surface area contributed by atoms with Crippen LogP contribution in [0.5, 0.6) is 0 Å². The number of benzene rings is 2. The molecule has 0 heterocycles. The maximum atomic E-state index is 13.9. The average Bonchev–Trinajstić information content (AvgIpc) is 2.35. The van der Waals surface area contributed by atoms with Crippen molar-refractivity contribution in [2.75, 3.05) is 7.05 Å². The Hall–Kier alpha value is -1.38. The lowest BCUT2D eigenvalue weighted by atomic mass is 9.97. The maximum absolute atomic E-state index is 13.9. The van der Waals surface area contributed by atoms with Crippen molar-refractivity contribution in [3.8, 4) is 0 Å². The van der Waals surface area contributed by atoms with Gasteiger partial charge in [0.25, 0.3) is 0 Å². The van der Waals surface area contributed by atoms with Crippen molar-refractivity contribution in [2.24, 2.45) is 0 Å². The van der Waals surface area contributed by atoms with Crippen LogP contribution >= 0.6 is 11.6 Å². The van der Waals surface area contributed by atoms with Crippen LogP contribution in [0.4, 0.5) is 4.39 Å². The second-order valence-electron chi connectivity index (χ2n) is 4.27. The number of rotatable bonds is 3. The van der Waals surface area contributed by atoms with Crippen LogP contribution in [0.2, 0.25) is 5.02 Å². The zero-order valence-corrected chi connectivity index (χ0v) is 11.1. The van der Waals surface area contributed by atoms with E-state index in [0.717, 1.165) is 5.56 Å². The first kappa shape index (κ1) is 13.1. The van der Waals surface area contributed by atoms with Crippen LogP contribution in [-0.4, -0.2) is 7.05 Å². The van der Waals surface area contributed by atoms with Crippen LogP contribution in [0, 0.1) is 12.7 Å². The number of hydrogen-bond acceptors (Lipinski definition) is 1. The Morgan fingerprint density at radius 3 is 2.33 bits per heavy atom. The molecule has 0 aliphatic carbocycles. The van der Waals surface area contributed by atoms with Crippen LogP contribution in [0.15, 0.2) is 42.5 Å². The molecule has 0 bridgehead atoms. The third-order valence-electron chi connectivity index (χ3n) is 2.99. The summed E-state index contributed by atoms with van der Waals surface area (Å²) in [5, 5.41) is 3.55. The normalized spacial score (nSPS) is 12.4. The standard InChI is InChI=1S/C15H15ClFN/c1-10-6-8-11(9-7-10)15(18-2)14-12(16)4-3-5-13(14)17/h3-9,15,18H,1-2H3. The fourth-order valence-electron chi connectivity index (χ4n) is 2.02. The van der Waals surface area contributed by atoms with E-state index < -0.39 is 0 Å². The number of aryl methyl sites for hydroxylation is 1. The Morgan fingerprint density at radius 2 is 1.78 bits per heavy atom. The lowest BCUT2D eigenvalue weighted by Gasteiger charge is -2.19. The van der Waals surface area contributed by atoms with E-state index in [1.165, 1.54) is 11.6 Å². The van der Waals surface area contributed by atoms with Gasteiger partial charge in [0.2, 0.25) is 0 Å². The molecule has 2 aromatic carbocycles. The molecular formula is C15H15ClFN. The highest BCUT2D eigenvalue weighted by Crippen LogP contribution is 2.30. The van der Waals surface area contributed by atoms with E-state index in [4.69, 9.17) is 11.6 Å². The number of nitrogens with one attached hydrogen (secondary N) is 1. The van der Waals surface area contributed by atoms with Crippen LogP contribution in [0.3, 0.4) is 0 Å². The van der Waals surface area contributed by atoms with E-state index in [1.807, 2.05) is 31.2 Å². The molecule has 2 aromatic rings. The van der Waals surface area contributed by atoms with Crippen molar-refractivity contribution >= 4 is 11.6 Å². The quantitative estimate of drug-likeness (QED) is 0.879. The van der Waals surface area contributed by atoms with Crippen molar-refractivity contribution in [2.45, 2.75) is 13.0 Å². The van der Waals surface area contributed by atoms with Gasteiger partial charge in [0.1, 0.15) is 5.82 Å². The zero-order chi connectivity index (χ0) is 13.1. The minimum absolute atomic E-state index is 0.237. The predicted octanol–water partition coefficient (Wildman–Crippen LogP) is 4.10. The Kier molecular flexibility index (Phi) is 4.00. The molecule has 1 unspecified atom stereocenters. The van der Waals surface area contributed by atoms with Gasteiger partial charge in [-0.05, 0) is 31.7 Å². The minimum atomic E-state index is -0.289. The third kappa shape index (κ3) is 2.55. The molecule has 0 saturated carbocycles. The maximum Gasteiger partial charge on any atom is 0.129 e. The summed E-state index contributed by atoms with van der Waals surface area (Å²) in [4.78, 5) is 0. The van der Waals surface area contributed by atoms with Crippen LogP contribution < -0.4 is 5.32 Å². The van der Waals surface area contributed by atoms with Crippen molar-refractivity contribution in [1.82, 2.24) is 5.32 Å². The molecule has 1 nitrogen and oxygen atoms in total. The number of halogens is 2. The smallest absolute Gasteiger partial charge is 0.129 e. The molecule has 0 aromatic heterocycles. The molecule has 3 heteroatoms. The van der Waals surface area contributed by atoms with Gasteiger partial charge in [0.05, 0.1) is 6.04 Å². The Labute approximate surface area is 112 Å². The summed E-state index contributed by atoms with van der Waals surface area (Å²) < 4.78 is 13.9. The average molecular weight is 264 g/mol. The van der Waals surface area contributed by atoms with Gasteiger partial charge in [0, 0.05) is 10.6 Å². The van der Waals surface area contributed by atoms with Gasteiger partial charge in [0.15, 0.2) is 0 Å². The summed E-state index contributed by atoms with van der Waals surface area (Å²) in [6.07, 6.45) is 0. The van der Waals surface area contributed by atoms with E-state index >= 15 is 0 Å². The molecule has 0 fully saturated rings. The topological polar surface area (TPSA) is 12.0 Å². The molecule has 0 radical (unpaired) electrons. The minimum Gasteiger partial charge on any atom is -0.309 e. The fourth-order valence-corrected chi connectivity index (χ4v) is 2.30. The van der Waals surface area contributed by atoms with Crippen LogP contribution in [0.1, 0.15) is 22.7 Å². The second-order valence-corrected chi connectivity index (χ2v) is 4.67. The van der Waals surface area contributed by atoms with E-state index in [0.29, 0.717) is 10.6 Å². The fraction of sp³-hybridized carbons (Fsp3) is 0.200. The molecule has 0 aliphatic heterocycles. The van der Waals surface area contributed by atoms with Gasteiger partial charge < -0.3 is 5.32 Å². The molecule has 0 spiro atoms. The molecule has 1 atom stereocenters. The number of hydrogen-bond donors (Lipinski definition) is 1. The summed E-state index contributed by atoms with van der Waals surface area (Å²) >= 11 is 6.10. The highest BCUT2D eigenvalue weighted by Gasteiger charge is 2.18. The van der Waals surface area contributed by atoms with Crippen molar-refractivity contribution in [1.29, 1.82) is 0 Å². The molecule has 0 amide bonds. The Bertz CT molecular complexity index is 516. The molecular weight excluding hydrogens is 249 g/mol. The van der Waals surface area contributed by atoms with E-state index in [9.17, 15) is 4.39 Å². The highest BCUT2D eigenvalue weighted by molar-refractivity contribution is 6.31. The van der Waals surface area contributed by atoms with Crippen molar-refractivity contribution < 1.29 is 4.39 Å². The van der Waals surface area contributed by atoms with E-state index in [-0.39, 0.29) is 11.9 Å². The van der Waals surface area contributed by atoms with Gasteiger partial charge >= 0.3 is 0 Å². The van der Waals surface area contributed by atoms with E-state index in [1.54, 1.807) is 19.2 Å². The Morgan fingerprint density at radius 1 is 1.11 bits per heavy atom. The summed E-state index contributed by atoms with van der Waals surface area (Å²) in [5.41, 5.74) is 2.66. The van der Waals surface area contributed by atoms with Crippen LogP contribution in [-0.2, 0) is 0 Å². The summed E-state index contributed by atoms with van der Waals surface area (Å²) in [5.74, 6) is -0.289. The summed E-state index contributed by atoms with van der Waals surface area (Å²) in [6, 6.07) is 12.5. The largest absolute Gasteiger partial charge is 0.309 e. The molecule has 18 heavy (non-hydrogen) atoms. The molecule has 2 rings (SSSR count). The van der Waals surface area contributed by atoms with Gasteiger partial charge in [-0.25, -0.2) is 4.39 Å². The zero-order valence-electron chi connectivity index (χ0n) is 10.4. The first-order valence-corrected chi connectivity index (χ1v) is 6.19. The lowest BCUT2D eigenvalue weighted by Crippen LogP contribution is -2.19. The highest BCUT2D eigenvalue weighted by atomic mass is 35.5. The monoisotopic (exact) mass is 263 g/mol. The second kappa shape index (κ2) is 5.51. The summed E-state index contributed by atoms with van der Waals surface area (Å²) in [6.45, 7) is 2.02. The van der Waals surface area contributed by atoms with Gasteiger partial charge in [-0.1, -0.05) is 47.5 Å². The first-order valence-electron chi connectivity index (χ1n) is 5.81. The van der Waals surface area contributed by atoms with E-state index in [2.05, 4.69) is 5.32 Å². The Balaban J connectivity index is 2.48. The van der Waals surface area contributed by atoms with Gasteiger partial charge in [-0.3, -0.25) is 0 Å². The molecule has 0 aliphatic rings. The van der Waals surface area contributed by atoms with Crippen LogP contribution in [0.25, 0.3) is 0 Å². The van der Waals surface area contributed by atoms with Gasteiger partial charge in [-0.2, -0.15) is 0 Å². The molecule has 94 valence electrons. The first-order chi connectivity index (χ1) is 8.63. The molecule has 1 N–H and O–H groups in total. The lowest BCUT2D eigenvalue weighted by molar-refractivity contribution is 0.576. The molecule has 0 saturated heterocycles. The summed E-state index contributed by atoms with van der Waals surface area (Å²) in [7, 11) is 1.80.